The van der Waals surface area contributed by atoms with Crippen LogP contribution in [0.3, 0.4) is 0 Å². The molecule has 4 heteroatoms. The van der Waals surface area contributed by atoms with E-state index in [4.69, 9.17) is 5.73 Å². The van der Waals surface area contributed by atoms with Gasteiger partial charge in [0.25, 0.3) is 0 Å². The predicted octanol–water partition coefficient (Wildman–Crippen LogP) is 2.77. The molecule has 1 amide bonds. The first-order chi connectivity index (χ1) is 9.45. The summed E-state index contributed by atoms with van der Waals surface area (Å²) in [7, 11) is 0. The molecule has 4 nitrogen and oxygen atoms in total. The van der Waals surface area contributed by atoms with E-state index in [0.717, 1.165) is 22.3 Å². The Labute approximate surface area is 119 Å². The molecule has 0 aliphatic heterocycles. The van der Waals surface area contributed by atoms with Crippen LogP contribution in [0.2, 0.25) is 0 Å². The van der Waals surface area contributed by atoms with Gasteiger partial charge in [-0.3, -0.25) is 4.79 Å². The highest BCUT2D eigenvalue weighted by molar-refractivity contribution is 5.92. The van der Waals surface area contributed by atoms with Crippen molar-refractivity contribution in [1.82, 2.24) is 4.98 Å². The Kier molecular flexibility index (Phi) is 4.03. The zero-order valence-electron chi connectivity index (χ0n) is 12.0. The lowest BCUT2D eigenvalue weighted by Crippen LogP contribution is -2.17. The van der Waals surface area contributed by atoms with Gasteiger partial charge in [-0.2, -0.15) is 0 Å². The molecule has 0 aliphatic rings. The van der Waals surface area contributed by atoms with Crippen molar-refractivity contribution in [3.63, 3.8) is 0 Å². The molecule has 0 fully saturated rings. The molecule has 0 spiro atoms. The Hall–Kier alpha value is -2.36. The fourth-order valence-electron chi connectivity index (χ4n) is 2.07. The number of aromatic nitrogens is 1. The van der Waals surface area contributed by atoms with Crippen molar-refractivity contribution < 1.29 is 4.79 Å². The first kappa shape index (κ1) is 14.1. The van der Waals surface area contributed by atoms with E-state index in [2.05, 4.69) is 10.3 Å². The number of benzene rings is 1. The Morgan fingerprint density at radius 3 is 2.65 bits per heavy atom. The van der Waals surface area contributed by atoms with Crippen molar-refractivity contribution >= 4 is 17.4 Å². The molecule has 3 N–H and O–H groups in total. The summed E-state index contributed by atoms with van der Waals surface area (Å²) < 4.78 is 0. The average Bonchev–Trinajstić information content (AvgIpc) is 2.37. The van der Waals surface area contributed by atoms with Gasteiger partial charge in [0.15, 0.2) is 0 Å². The van der Waals surface area contributed by atoms with Crippen molar-refractivity contribution in [2.24, 2.45) is 0 Å². The maximum Gasteiger partial charge on any atom is 0.229 e. The number of nitrogens with zero attached hydrogens (tertiary/aromatic N) is 1. The molecule has 20 heavy (non-hydrogen) atoms. The summed E-state index contributed by atoms with van der Waals surface area (Å²) in [5, 5.41) is 2.83. The van der Waals surface area contributed by atoms with Gasteiger partial charge in [0.2, 0.25) is 5.91 Å². The molecular weight excluding hydrogens is 250 g/mol. The summed E-state index contributed by atoms with van der Waals surface area (Å²) in [6.45, 7) is 5.90. The number of rotatable bonds is 3. The van der Waals surface area contributed by atoms with Crippen molar-refractivity contribution in [3.8, 4) is 0 Å². The molecule has 0 radical (unpaired) electrons. The van der Waals surface area contributed by atoms with E-state index >= 15 is 0 Å². The molecule has 2 rings (SSSR count). The molecule has 0 aliphatic carbocycles. The van der Waals surface area contributed by atoms with Crippen LogP contribution in [0.25, 0.3) is 0 Å². The first-order valence-electron chi connectivity index (χ1n) is 6.54. The number of aryl methyl sites for hydroxylation is 3. The molecular formula is C16H19N3O. The second-order valence-electron chi connectivity index (χ2n) is 5.09. The number of anilines is 2. The highest BCUT2D eigenvalue weighted by Crippen LogP contribution is 2.16. The van der Waals surface area contributed by atoms with Gasteiger partial charge < -0.3 is 11.1 Å². The molecule has 0 saturated carbocycles. The first-order valence-corrected chi connectivity index (χ1v) is 6.54. The van der Waals surface area contributed by atoms with Gasteiger partial charge >= 0.3 is 0 Å². The minimum atomic E-state index is -0.0703. The number of nitrogens with two attached hydrogens (primary N) is 1. The highest BCUT2D eigenvalue weighted by atomic mass is 16.1. The number of nitrogen functional groups attached to an aromatic ring is 1. The van der Waals surface area contributed by atoms with Gasteiger partial charge in [-0.15, -0.1) is 0 Å². The van der Waals surface area contributed by atoms with Crippen LogP contribution in [-0.2, 0) is 11.2 Å². The minimum Gasteiger partial charge on any atom is -0.397 e. The summed E-state index contributed by atoms with van der Waals surface area (Å²) in [5.41, 5.74) is 10.4. The third-order valence-electron chi connectivity index (χ3n) is 3.21. The number of amides is 1. The Balaban J connectivity index is 2.11. The van der Waals surface area contributed by atoms with Crippen molar-refractivity contribution in [3.05, 3.63) is 52.7 Å². The third kappa shape index (κ3) is 3.35. The quantitative estimate of drug-likeness (QED) is 0.900. The SMILES string of the molecule is Cc1ccc(C)c(CC(=O)Nc2ncc(N)cc2C)c1. The van der Waals surface area contributed by atoms with Crippen molar-refractivity contribution in [2.75, 3.05) is 11.1 Å². The van der Waals surface area contributed by atoms with Gasteiger partial charge in [0, 0.05) is 0 Å². The van der Waals surface area contributed by atoms with Crippen LogP contribution in [0.1, 0.15) is 22.3 Å². The normalized spacial score (nSPS) is 10.3. The van der Waals surface area contributed by atoms with Crippen LogP contribution in [0.5, 0.6) is 0 Å². The Bertz CT molecular complexity index is 650. The Morgan fingerprint density at radius 1 is 1.20 bits per heavy atom. The van der Waals surface area contributed by atoms with Gasteiger partial charge in [0.05, 0.1) is 18.3 Å². The highest BCUT2D eigenvalue weighted by Gasteiger charge is 2.09. The van der Waals surface area contributed by atoms with Gasteiger partial charge in [0.1, 0.15) is 5.82 Å². The monoisotopic (exact) mass is 269 g/mol. The van der Waals surface area contributed by atoms with Crippen molar-refractivity contribution in [2.45, 2.75) is 27.2 Å². The number of pyridine rings is 1. The van der Waals surface area contributed by atoms with Crippen molar-refractivity contribution in [1.29, 1.82) is 0 Å². The van der Waals surface area contributed by atoms with Gasteiger partial charge in [-0.1, -0.05) is 23.8 Å². The van der Waals surface area contributed by atoms with Crippen LogP contribution in [0.4, 0.5) is 11.5 Å². The van der Waals surface area contributed by atoms with Gasteiger partial charge in [-0.25, -0.2) is 4.98 Å². The molecule has 0 unspecified atom stereocenters. The summed E-state index contributed by atoms with van der Waals surface area (Å²) in [6, 6.07) is 7.91. The van der Waals surface area contributed by atoms with Crippen LogP contribution >= 0.6 is 0 Å². The summed E-state index contributed by atoms with van der Waals surface area (Å²) >= 11 is 0. The second kappa shape index (κ2) is 5.74. The third-order valence-corrected chi connectivity index (χ3v) is 3.21. The number of carbonyl (C=O) groups is 1. The number of nitrogens with one attached hydrogen (secondary N) is 1. The molecule has 0 atom stereocenters. The van der Waals surface area contributed by atoms with E-state index in [-0.39, 0.29) is 5.91 Å². The van der Waals surface area contributed by atoms with E-state index in [1.54, 1.807) is 12.3 Å². The largest absolute Gasteiger partial charge is 0.397 e. The molecule has 1 heterocycles. The zero-order chi connectivity index (χ0) is 14.7. The van der Waals surface area contributed by atoms with E-state index in [1.165, 1.54) is 0 Å². The molecule has 0 bridgehead atoms. The predicted molar refractivity (Wildman–Crippen MR) is 81.6 cm³/mol. The molecule has 104 valence electrons. The summed E-state index contributed by atoms with van der Waals surface area (Å²) in [6.07, 6.45) is 1.89. The van der Waals surface area contributed by atoms with E-state index in [9.17, 15) is 4.79 Å². The number of hydrogen-bond donors (Lipinski definition) is 2. The van der Waals surface area contributed by atoms with E-state index < -0.39 is 0 Å². The fourth-order valence-corrected chi connectivity index (χ4v) is 2.07. The smallest absolute Gasteiger partial charge is 0.229 e. The van der Waals surface area contributed by atoms with Crippen LogP contribution in [0.15, 0.2) is 30.5 Å². The topological polar surface area (TPSA) is 68.0 Å². The van der Waals surface area contributed by atoms with Crippen LogP contribution in [0, 0.1) is 20.8 Å². The van der Waals surface area contributed by atoms with Gasteiger partial charge in [-0.05, 0) is 43.5 Å². The lowest BCUT2D eigenvalue weighted by molar-refractivity contribution is -0.115. The maximum absolute atomic E-state index is 12.1. The average molecular weight is 269 g/mol. The summed E-state index contributed by atoms with van der Waals surface area (Å²) in [5.74, 6) is 0.494. The fraction of sp³-hybridized carbons (Fsp3) is 0.250. The number of carbonyl (C=O) groups excluding carboxylic acids is 1. The molecule has 1 aromatic carbocycles. The maximum atomic E-state index is 12.1. The standard InChI is InChI=1S/C16H19N3O/c1-10-4-5-11(2)13(6-10)8-15(20)19-16-12(3)7-14(17)9-18-16/h4-7,9H,8,17H2,1-3H3,(H,18,19,20). The lowest BCUT2D eigenvalue weighted by atomic mass is 10.0. The Morgan fingerprint density at radius 2 is 1.95 bits per heavy atom. The molecule has 0 saturated heterocycles. The second-order valence-corrected chi connectivity index (χ2v) is 5.09. The summed E-state index contributed by atoms with van der Waals surface area (Å²) in [4.78, 5) is 16.2. The van der Waals surface area contributed by atoms with Crippen LogP contribution in [-0.4, -0.2) is 10.9 Å². The molecule has 2 aromatic rings. The van der Waals surface area contributed by atoms with E-state index in [0.29, 0.717) is 17.9 Å². The van der Waals surface area contributed by atoms with E-state index in [1.807, 2.05) is 39.0 Å². The minimum absolute atomic E-state index is 0.0703. The molecule has 1 aromatic heterocycles. The zero-order valence-corrected chi connectivity index (χ0v) is 12.0. The van der Waals surface area contributed by atoms with Crippen LogP contribution < -0.4 is 11.1 Å². The number of hydrogen-bond acceptors (Lipinski definition) is 3. The lowest BCUT2D eigenvalue weighted by Gasteiger charge is -2.10.